The molecule has 0 aliphatic heterocycles. The Labute approximate surface area is 179 Å². The third-order valence-corrected chi connectivity index (χ3v) is 5.33. The summed E-state index contributed by atoms with van der Waals surface area (Å²) >= 11 is 2.94. The fourth-order valence-electron chi connectivity index (χ4n) is 2.16. The molecule has 7 N–H and O–H groups in total. The number of carbonyl (C=O) groups is 4. The van der Waals surface area contributed by atoms with Gasteiger partial charge in [0.2, 0.25) is 17.7 Å². The van der Waals surface area contributed by atoms with Gasteiger partial charge in [-0.1, -0.05) is 0 Å². The average Bonchev–Trinajstić information content (AvgIpc) is 2.66. The van der Waals surface area contributed by atoms with Gasteiger partial charge in [0.1, 0.15) is 24.2 Å². The number of aliphatic carboxylic acids is 1. The zero-order valence-corrected chi connectivity index (χ0v) is 18.8. The molecule has 0 radical (unpaired) electrons. The number of aliphatic hydroxyl groups is 1. The molecule has 0 heterocycles. The van der Waals surface area contributed by atoms with Crippen molar-refractivity contribution in [2.45, 2.75) is 57.0 Å². The molecule has 0 rings (SSSR count). The molecular weight excluding hydrogens is 420 g/mol. The van der Waals surface area contributed by atoms with Gasteiger partial charge < -0.3 is 31.9 Å². The topological polar surface area (TPSA) is 171 Å². The van der Waals surface area contributed by atoms with Gasteiger partial charge in [-0.2, -0.15) is 23.5 Å². The first-order chi connectivity index (χ1) is 13.5. The van der Waals surface area contributed by atoms with E-state index >= 15 is 0 Å². The van der Waals surface area contributed by atoms with Crippen LogP contribution in [-0.2, 0) is 19.2 Å². The molecule has 168 valence electrons. The van der Waals surface area contributed by atoms with Gasteiger partial charge in [-0.15, -0.1) is 0 Å². The Bertz CT molecular complexity index is 564. The minimum Gasteiger partial charge on any atom is -0.480 e. The molecule has 0 bridgehead atoms. The fourth-order valence-corrected chi connectivity index (χ4v) is 3.10. The first kappa shape index (κ1) is 27.5. The first-order valence-electron chi connectivity index (χ1n) is 9.10. The van der Waals surface area contributed by atoms with Crippen LogP contribution in [0.5, 0.6) is 0 Å². The van der Waals surface area contributed by atoms with E-state index in [1.54, 1.807) is 0 Å². The van der Waals surface area contributed by atoms with Crippen molar-refractivity contribution in [2.75, 3.05) is 24.0 Å². The molecule has 3 amide bonds. The second kappa shape index (κ2) is 14.5. The van der Waals surface area contributed by atoms with Crippen molar-refractivity contribution in [2.24, 2.45) is 5.73 Å². The molecule has 0 saturated heterocycles. The number of carboxylic acids is 1. The van der Waals surface area contributed by atoms with Crippen molar-refractivity contribution in [1.82, 2.24) is 16.0 Å². The van der Waals surface area contributed by atoms with Gasteiger partial charge in [0.25, 0.3) is 0 Å². The molecule has 5 atom stereocenters. The van der Waals surface area contributed by atoms with E-state index in [0.29, 0.717) is 17.9 Å². The molecular formula is C17H32N4O6S2. The fraction of sp³-hybridized carbons (Fsp3) is 0.765. The third kappa shape index (κ3) is 10.7. The van der Waals surface area contributed by atoms with E-state index in [0.717, 1.165) is 0 Å². The maximum atomic E-state index is 12.5. The smallest absolute Gasteiger partial charge is 0.326 e. The summed E-state index contributed by atoms with van der Waals surface area (Å²) in [6, 6.07) is -4.18. The molecule has 0 aliphatic rings. The van der Waals surface area contributed by atoms with Gasteiger partial charge in [-0.3, -0.25) is 14.4 Å². The van der Waals surface area contributed by atoms with Crippen LogP contribution in [0.3, 0.4) is 0 Å². The van der Waals surface area contributed by atoms with Crippen LogP contribution in [-0.4, -0.2) is 88.2 Å². The molecule has 0 aromatic heterocycles. The van der Waals surface area contributed by atoms with E-state index in [9.17, 15) is 29.4 Å². The summed E-state index contributed by atoms with van der Waals surface area (Å²) in [7, 11) is 0. The summed E-state index contributed by atoms with van der Waals surface area (Å²) in [5.74, 6) is -1.93. The molecule has 0 spiro atoms. The Hall–Kier alpha value is -1.50. The summed E-state index contributed by atoms with van der Waals surface area (Å²) in [6.45, 7) is 2.79. The lowest BCUT2D eigenvalue weighted by Crippen LogP contribution is -2.57. The van der Waals surface area contributed by atoms with Crippen LogP contribution in [0.4, 0.5) is 0 Å². The predicted molar refractivity (Wildman–Crippen MR) is 115 cm³/mol. The highest BCUT2D eigenvalue weighted by Crippen LogP contribution is 2.04. The standard InChI is InChI=1S/C17H32N4O6S2/c1-9(14(23)21-12(17(26)27)6-8-29-4)19-15(24)11(5-7-28-3)20-16(25)13(18)10(2)22/h9-13,22H,5-8,18H2,1-4H3,(H,19,24)(H,20,25)(H,21,23)(H,26,27). The quantitative estimate of drug-likeness (QED) is 0.189. The molecule has 0 saturated carbocycles. The second-order valence-electron chi connectivity index (χ2n) is 6.52. The number of hydrogen-bond donors (Lipinski definition) is 6. The summed E-state index contributed by atoms with van der Waals surface area (Å²) in [5, 5.41) is 26.0. The van der Waals surface area contributed by atoms with Gasteiger partial charge in [-0.25, -0.2) is 4.79 Å². The number of nitrogens with two attached hydrogens (primary N) is 1. The van der Waals surface area contributed by atoms with Gasteiger partial charge >= 0.3 is 5.97 Å². The van der Waals surface area contributed by atoms with Crippen LogP contribution in [0.25, 0.3) is 0 Å². The zero-order chi connectivity index (χ0) is 22.6. The van der Waals surface area contributed by atoms with Gasteiger partial charge in [0.05, 0.1) is 6.10 Å². The van der Waals surface area contributed by atoms with Crippen molar-refractivity contribution in [1.29, 1.82) is 0 Å². The molecule has 0 aromatic carbocycles. The molecule has 0 aliphatic carbocycles. The van der Waals surface area contributed by atoms with Crippen molar-refractivity contribution >= 4 is 47.2 Å². The Balaban J connectivity index is 4.97. The maximum absolute atomic E-state index is 12.5. The summed E-state index contributed by atoms with van der Waals surface area (Å²) < 4.78 is 0. The number of carboxylic acid groups (broad SMARTS) is 1. The van der Waals surface area contributed by atoms with Crippen LogP contribution in [0.15, 0.2) is 0 Å². The number of aliphatic hydroxyl groups excluding tert-OH is 1. The third-order valence-electron chi connectivity index (χ3n) is 4.04. The zero-order valence-electron chi connectivity index (χ0n) is 17.1. The summed E-state index contributed by atoms with van der Waals surface area (Å²) in [6.07, 6.45) is 3.14. The average molecular weight is 453 g/mol. The van der Waals surface area contributed by atoms with E-state index in [4.69, 9.17) is 5.73 Å². The lowest BCUT2D eigenvalue weighted by molar-refractivity contribution is -0.142. The highest BCUT2D eigenvalue weighted by atomic mass is 32.2. The molecule has 0 aromatic rings. The number of thioether (sulfide) groups is 2. The Morgan fingerprint density at radius 3 is 1.79 bits per heavy atom. The summed E-state index contributed by atoms with van der Waals surface area (Å²) in [5.41, 5.74) is 5.59. The highest BCUT2D eigenvalue weighted by Gasteiger charge is 2.28. The predicted octanol–water partition coefficient (Wildman–Crippen LogP) is -1.24. The van der Waals surface area contributed by atoms with E-state index < -0.39 is 54.0 Å². The molecule has 10 nitrogen and oxygen atoms in total. The highest BCUT2D eigenvalue weighted by molar-refractivity contribution is 7.98. The van der Waals surface area contributed by atoms with Crippen LogP contribution in [0.2, 0.25) is 0 Å². The molecule has 0 fully saturated rings. The maximum Gasteiger partial charge on any atom is 0.326 e. The molecule has 5 unspecified atom stereocenters. The number of rotatable bonds is 14. The lowest BCUT2D eigenvalue weighted by atomic mass is 10.1. The monoisotopic (exact) mass is 452 g/mol. The van der Waals surface area contributed by atoms with Crippen molar-refractivity contribution in [3.63, 3.8) is 0 Å². The van der Waals surface area contributed by atoms with Crippen LogP contribution in [0.1, 0.15) is 26.7 Å². The number of hydrogen-bond acceptors (Lipinski definition) is 8. The first-order valence-corrected chi connectivity index (χ1v) is 11.9. The van der Waals surface area contributed by atoms with Crippen molar-refractivity contribution in [3.05, 3.63) is 0 Å². The van der Waals surface area contributed by atoms with Crippen molar-refractivity contribution in [3.8, 4) is 0 Å². The van der Waals surface area contributed by atoms with Gasteiger partial charge in [-0.05, 0) is 50.7 Å². The van der Waals surface area contributed by atoms with Crippen LogP contribution in [0, 0.1) is 0 Å². The van der Waals surface area contributed by atoms with E-state index in [-0.39, 0.29) is 6.42 Å². The lowest BCUT2D eigenvalue weighted by Gasteiger charge is -2.24. The second-order valence-corrected chi connectivity index (χ2v) is 8.49. The van der Waals surface area contributed by atoms with Crippen LogP contribution >= 0.6 is 23.5 Å². The van der Waals surface area contributed by atoms with Gasteiger partial charge in [0, 0.05) is 0 Å². The van der Waals surface area contributed by atoms with Gasteiger partial charge in [0.15, 0.2) is 0 Å². The molecule has 29 heavy (non-hydrogen) atoms. The normalized spacial score (nSPS) is 16.1. The SMILES string of the molecule is CSCCC(NC(=O)C(C)NC(=O)C(CCSC)NC(=O)C(N)C(C)O)C(=O)O. The van der Waals surface area contributed by atoms with Crippen molar-refractivity contribution < 1.29 is 29.4 Å². The Kier molecular flexibility index (Phi) is 13.7. The largest absolute Gasteiger partial charge is 0.480 e. The number of nitrogens with one attached hydrogen (secondary N) is 3. The van der Waals surface area contributed by atoms with E-state index in [1.165, 1.54) is 37.4 Å². The minimum absolute atomic E-state index is 0.256. The Morgan fingerprint density at radius 1 is 0.862 bits per heavy atom. The Morgan fingerprint density at radius 2 is 1.34 bits per heavy atom. The van der Waals surface area contributed by atoms with E-state index in [1.807, 2.05) is 12.5 Å². The minimum atomic E-state index is -1.19. The summed E-state index contributed by atoms with van der Waals surface area (Å²) in [4.78, 5) is 48.2. The number of carbonyl (C=O) groups excluding carboxylic acids is 3. The van der Waals surface area contributed by atoms with E-state index in [2.05, 4.69) is 16.0 Å². The number of amides is 3. The van der Waals surface area contributed by atoms with Crippen LogP contribution < -0.4 is 21.7 Å². The molecule has 12 heteroatoms.